The predicted molar refractivity (Wildman–Crippen MR) is 120 cm³/mol. The van der Waals surface area contributed by atoms with Crippen molar-refractivity contribution in [2.75, 3.05) is 20.6 Å². The smallest absolute Gasteiger partial charge is 0.0461 e. The zero-order valence-electron chi connectivity index (χ0n) is 17.0. The fourth-order valence-electron chi connectivity index (χ4n) is 4.57. The van der Waals surface area contributed by atoms with Crippen molar-refractivity contribution in [3.8, 4) is 0 Å². The number of aromatic nitrogens is 1. The lowest BCUT2D eigenvalue weighted by Crippen LogP contribution is -2.30. The first-order valence-electron chi connectivity index (χ1n) is 10.4. The van der Waals surface area contributed by atoms with E-state index in [1.165, 1.54) is 45.3 Å². The van der Waals surface area contributed by atoms with Crippen LogP contribution in [0.3, 0.4) is 0 Å². The summed E-state index contributed by atoms with van der Waals surface area (Å²) in [5.74, 6) is 0. The molecule has 146 valence electrons. The van der Waals surface area contributed by atoms with Crippen LogP contribution in [0.25, 0.3) is 22.0 Å². The van der Waals surface area contributed by atoms with Gasteiger partial charge in [0, 0.05) is 22.6 Å². The first-order chi connectivity index (χ1) is 13.7. The van der Waals surface area contributed by atoms with Crippen LogP contribution in [0.5, 0.6) is 0 Å². The van der Waals surface area contributed by atoms with Crippen molar-refractivity contribution in [2.45, 2.75) is 38.1 Å². The highest BCUT2D eigenvalue weighted by Crippen LogP contribution is 2.41. The van der Waals surface area contributed by atoms with E-state index >= 15 is 0 Å². The van der Waals surface area contributed by atoms with Crippen LogP contribution in [-0.2, 0) is 6.42 Å². The van der Waals surface area contributed by atoms with Crippen LogP contribution in [0.15, 0.2) is 54.6 Å². The molecule has 0 spiro atoms. The molecule has 0 saturated carbocycles. The Balaban J connectivity index is 1.90. The van der Waals surface area contributed by atoms with E-state index < -0.39 is 0 Å². The van der Waals surface area contributed by atoms with Gasteiger partial charge in [0.1, 0.15) is 0 Å². The van der Waals surface area contributed by atoms with Crippen molar-refractivity contribution in [1.29, 1.82) is 0 Å². The van der Waals surface area contributed by atoms with Crippen LogP contribution < -0.4 is 5.73 Å². The zero-order chi connectivity index (χ0) is 19.5. The maximum absolute atomic E-state index is 5.87. The second-order valence-electron chi connectivity index (χ2n) is 8.10. The van der Waals surface area contributed by atoms with E-state index in [0.29, 0.717) is 6.04 Å². The first kappa shape index (κ1) is 19.0. The molecule has 3 aromatic rings. The third-order valence-corrected chi connectivity index (χ3v) is 6.13. The monoisotopic (exact) mass is 373 g/mol. The third-order valence-electron chi connectivity index (χ3n) is 6.13. The Hall–Kier alpha value is -2.36. The fraction of sp³-hybridized carbons (Fsp3) is 0.360. The lowest BCUT2D eigenvalue weighted by Gasteiger charge is -2.32. The van der Waals surface area contributed by atoms with E-state index in [-0.39, 0.29) is 0 Å². The number of aryl methyl sites for hydroxylation is 1. The molecule has 1 heterocycles. The Labute approximate surface area is 168 Å². The van der Waals surface area contributed by atoms with Crippen LogP contribution in [0.4, 0.5) is 0 Å². The number of nitrogens with zero attached hydrogens (tertiary/aromatic N) is 1. The topological polar surface area (TPSA) is 45.0 Å². The molecule has 0 amide bonds. The number of nitrogens with two attached hydrogens (primary N) is 1. The Morgan fingerprint density at radius 1 is 1.00 bits per heavy atom. The minimum atomic E-state index is 0.580. The summed E-state index contributed by atoms with van der Waals surface area (Å²) in [6.07, 6.45) is 5.45. The highest BCUT2D eigenvalue weighted by molar-refractivity contribution is 5.97. The van der Waals surface area contributed by atoms with Crippen molar-refractivity contribution in [3.05, 3.63) is 71.4 Å². The fourth-order valence-corrected chi connectivity index (χ4v) is 4.57. The molecule has 1 aliphatic rings. The number of fused-ring (bicyclic) bond motifs is 1. The maximum atomic E-state index is 5.87. The van der Waals surface area contributed by atoms with E-state index in [2.05, 4.69) is 78.6 Å². The Kier molecular flexibility index (Phi) is 5.65. The second kappa shape index (κ2) is 8.34. The number of aromatic amines is 1. The SMILES string of the molecule is CN(C)C1CCC(c2ccccc2)=C(c2[nH]c3ccccc3c2CCCN)C1. The summed E-state index contributed by atoms with van der Waals surface area (Å²) in [7, 11) is 4.41. The molecule has 4 rings (SSSR count). The minimum Gasteiger partial charge on any atom is -0.355 e. The quantitative estimate of drug-likeness (QED) is 0.632. The highest BCUT2D eigenvalue weighted by Gasteiger charge is 2.27. The Morgan fingerprint density at radius 3 is 2.50 bits per heavy atom. The van der Waals surface area contributed by atoms with Crippen LogP contribution in [0.2, 0.25) is 0 Å². The molecule has 0 radical (unpaired) electrons. The van der Waals surface area contributed by atoms with E-state index in [4.69, 9.17) is 5.73 Å². The van der Waals surface area contributed by atoms with Gasteiger partial charge in [-0.2, -0.15) is 0 Å². The molecule has 1 atom stereocenters. The maximum Gasteiger partial charge on any atom is 0.0461 e. The molecule has 0 aliphatic heterocycles. The summed E-state index contributed by atoms with van der Waals surface area (Å²) in [6.45, 7) is 0.726. The largest absolute Gasteiger partial charge is 0.355 e. The van der Waals surface area contributed by atoms with E-state index in [0.717, 1.165) is 32.2 Å². The number of rotatable bonds is 6. The van der Waals surface area contributed by atoms with Crippen LogP contribution >= 0.6 is 0 Å². The van der Waals surface area contributed by atoms with Crippen molar-refractivity contribution >= 4 is 22.0 Å². The van der Waals surface area contributed by atoms with Gasteiger partial charge < -0.3 is 15.6 Å². The van der Waals surface area contributed by atoms with Gasteiger partial charge in [-0.15, -0.1) is 0 Å². The molecular weight excluding hydrogens is 342 g/mol. The lowest BCUT2D eigenvalue weighted by molar-refractivity contribution is 0.281. The van der Waals surface area contributed by atoms with Gasteiger partial charge in [0.15, 0.2) is 0 Å². The number of para-hydroxylation sites is 1. The predicted octanol–water partition coefficient (Wildman–Crippen LogP) is 5.08. The Morgan fingerprint density at radius 2 is 1.75 bits per heavy atom. The summed E-state index contributed by atoms with van der Waals surface area (Å²) in [6, 6.07) is 20.2. The molecule has 0 saturated heterocycles. The van der Waals surface area contributed by atoms with Gasteiger partial charge >= 0.3 is 0 Å². The lowest BCUT2D eigenvalue weighted by atomic mass is 9.81. The molecule has 3 nitrogen and oxygen atoms in total. The second-order valence-corrected chi connectivity index (χ2v) is 8.10. The summed E-state index contributed by atoms with van der Waals surface area (Å²) in [4.78, 5) is 6.16. The molecule has 1 aliphatic carbocycles. The Bertz CT molecular complexity index is 966. The number of hydrogen-bond acceptors (Lipinski definition) is 2. The van der Waals surface area contributed by atoms with Gasteiger partial charge in [-0.05, 0) is 81.1 Å². The van der Waals surface area contributed by atoms with Crippen LogP contribution in [-0.4, -0.2) is 36.6 Å². The summed E-state index contributed by atoms with van der Waals surface area (Å²) < 4.78 is 0. The number of H-pyrrole nitrogens is 1. The van der Waals surface area contributed by atoms with E-state index in [9.17, 15) is 0 Å². The minimum absolute atomic E-state index is 0.580. The van der Waals surface area contributed by atoms with Crippen LogP contribution in [0, 0.1) is 0 Å². The first-order valence-corrected chi connectivity index (χ1v) is 10.4. The number of hydrogen-bond donors (Lipinski definition) is 2. The molecule has 1 unspecified atom stereocenters. The molecule has 3 N–H and O–H groups in total. The standard InChI is InChI=1S/C25H31N3/c1-28(2)19-14-15-20(18-9-4-3-5-10-18)23(17-19)25-22(12-8-16-26)21-11-6-7-13-24(21)27-25/h3-7,9-11,13,19,27H,8,12,14-17,26H2,1-2H3. The van der Waals surface area contributed by atoms with Crippen molar-refractivity contribution in [3.63, 3.8) is 0 Å². The summed E-state index contributed by atoms with van der Waals surface area (Å²) >= 11 is 0. The van der Waals surface area contributed by atoms with Crippen molar-refractivity contribution in [2.24, 2.45) is 5.73 Å². The van der Waals surface area contributed by atoms with Gasteiger partial charge in [-0.3, -0.25) is 0 Å². The van der Waals surface area contributed by atoms with Gasteiger partial charge in [0.25, 0.3) is 0 Å². The molecule has 3 heteroatoms. The molecular formula is C25H31N3. The van der Waals surface area contributed by atoms with Crippen molar-refractivity contribution < 1.29 is 0 Å². The number of benzene rings is 2. The average Bonchev–Trinajstić information content (AvgIpc) is 3.10. The third kappa shape index (κ3) is 3.65. The molecule has 28 heavy (non-hydrogen) atoms. The number of allylic oxidation sites excluding steroid dienone is 1. The van der Waals surface area contributed by atoms with E-state index in [1.807, 2.05) is 0 Å². The van der Waals surface area contributed by atoms with Gasteiger partial charge in [-0.1, -0.05) is 48.5 Å². The summed E-state index contributed by atoms with van der Waals surface area (Å²) in [5, 5.41) is 1.35. The molecule has 2 aromatic carbocycles. The highest BCUT2D eigenvalue weighted by atomic mass is 15.1. The van der Waals surface area contributed by atoms with Gasteiger partial charge in [0.2, 0.25) is 0 Å². The van der Waals surface area contributed by atoms with Crippen LogP contribution in [0.1, 0.15) is 42.5 Å². The normalized spacial score (nSPS) is 17.6. The molecule has 1 aromatic heterocycles. The molecule has 0 bridgehead atoms. The van der Waals surface area contributed by atoms with E-state index in [1.54, 1.807) is 0 Å². The number of nitrogens with one attached hydrogen (secondary N) is 1. The summed E-state index contributed by atoms with van der Waals surface area (Å²) in [5.41, 5.74) is 14.2. The van der Waals surface area contributed by atoms with Gasteiger partial charge in [-0.25, -0.2) is 0 Å². The zero-order valence-corrected chi connectivity index (χ0v) is 17.0. The molecule has 0 fully saturated rings. The average molecular weight is 374 g/mol. The van der Waals surface area contributed by atoms with Crippen molar-refractivity contribution in [1.82, 2.24) is 9.88 Å². The van der Waals surface area contributed by atoms with Gasteiger partial charge in [0.05, 0.1) is 0 Å².